The van der Waals surface area contributed by atoms with Crippen molar-refractivity contribution in [2.45, 2.75) is 19.8 Å². The van der Waals surface area contributed by atoms with Gasteiger partial charge in [0, 0.05) is 0 Å². The third-order valence-electron chi connectivity index (χ3n) is 4.84. The molecular formula is C26H25ClN4O4S. The van der Waals surface area contributed by atoms with E-state index in [-0.39, 0.29) is 17.2 Å². The molecule has 0 bridgehead atoms. The summed E-state index contributed by atoms with van der Waals surface area (Å²) >= 11 is 7.70. The highest BCUT2D eigenvalue weighted by Crippen LogP contribution is 2.37. The van der Waals surface area contributed by atoms with Crippen molar-refractivity contribution < 1.29 is 19.0 Å². The zero-order valence-electron chi connectivity index (χ0n) is 19.9. The van der Waals surface area contributed by atoms with Crippen molar-refractivity contribution in [3.63, 3.8) is 0 Å². The summed E-state index contributed by atoms with van der Waals surface area (Å²) < 4.78 is 17.1. The zero-order chi connectivity index (χ0) is 25.9. The van der Waals surface area contributed by atoms with Gasteiger partial charge in [-0.25, -0.2) is 0 Å². The Morgan fingerprint density at radius 3 is 2.69 bits per heavy atom. The number of nitrogens with one attached hydrogen (secondary N) is 1. The highest BCUT2D eigenvalue weighted by atomic mass is 35.5. The number of allylic oxidation sites excluding steroid dienone is 1. The maximum atomic E-state index is 12.5. The van der Waals surface area contributed by atoms with E-state index in [9.17, 15) is 10.1 Å². The van der Waals surface area contributed by atoms with E-state index in [0.29, 0.717) is 41.6 Å². The second-order valence-corrected chi connectivity index (χ2v) is 8.78. The first kappa shape index (κ1) is 26.7. The number of hydrogen-bond acceptors (Lipinski definition) is 8. The number of aromatic nitrogens is 2. The molecule has 0 saturated carbocycles. The molecule has 0 aliphatic heterocycles. The van der Waals surface area contributed by atoms with Crippen LogP contribution < -0.4 is 19.5 Å². The zero-order valence-corrected chi connectivity index (χ0v) is 21.5. The first-order valence-electron chi connectivity index (χ1n) is 11.1. The standard InChI is InChI=1S/C26H25ClN4O4S/c1-4-8-18-9-6-7-10-21(18)34-11-12-35-24-20(27)14-17(15-22(24)33-3)13-19(16-28)25(32)29-26-31-30-23(5-2)36-26/h4,6-7,9-10,13-15H,1,5,8,11-12H2,2-3H3,(H,29,31,32)/b19-13-. The average Bonchev–Trinajstić information content (AvgIpc) is 3.34. The van der Waals surface area contributed by atoms with Crippen molar-refractivity contribution in [3.05, 3.63) is 75.8 Å². The lowest BCUT2D eigenvalue weighted by Crippen LogP contribution is -2.13. The summed E-state index contributed by atoms with van der Waals surface area (Å²) in [5.74, 6) is 0.861. The summed E-state index contributed by atoms with van der Waals surface area (Å²) in [4.78, 5) is 12.5. The van der Waals surface area contributed by atoms with E-state index in [1.54, 1.807) is 12.1 Å². The van der Waals surface area contributed by atoms with Gasteiger partial charge in [-0.15, -0.1) is 16.8 Å². The molecule has 0 unspecified atom stereocenters. The lowest BCUT2D eigenvalue weighted by atomic mass is 10.1. The summed E-state index contributed by atoms with van der Waals surface area (Å²) in [6.07, 6.45) is 4.64. The molecular weight excluding hydrogens is 500 g/mol. The predicted molar refractivity (Wildman–Crippen MR) is 141 cm³/mol. The number of aryl methyl sites for hydroxylation is 1. The minimum Gasteiger partial charge on any atom is -0.493 e. The fourth-order valence-corrected chi connectivity index (χ4v) is 4.10. The quantitative estimate of drug-likeness (QED) is 0.144. The van der Waals surface area contributed by atoms with Crippen molar-refractivity contribution in [2.24, 2.45) is 0 Å². The monoisotopic (exact) mass is 524 g/mol. The lowest BCUT2D eigenvalue weighted by molar-refractivity contribution is -0.112. The van der Waals surface area contributed by atoms with Gasteiger partial charge in [0.05, 0.1) is 12.1 Å². The number of carbonyl (C=O) groups excluding carboxylic acids is 1. The second kappa shape index (κ2) is 13.3. The van der Waals surface area contributed by atoms with Gasteiger partial charge in [0.2, 0.25) is 5.13 Å². The average molecular weight is 525 g/mol. The number of halogens is 1. The van der Waals surface area contributed by atoms with Crippen molar-refractivity contribution in [3.8, 4) is 23.3 Å². The molecule has 0 aliphatic carbocycles. The molecule has 2 aromatic carbocycles. The van der Waals surface area contributed by atoms with Crippen LogP contribution in [0.3, 0.4) is 0 Å². The van der Waals surface area contributed by atoms with Crippen molar-refractivity contribution in [1.82, 2.24) is 10.2 Å². The Morgan fingerprint density at radius 1 is 1.22 bits per heavy atom. The van der Waals surface area contributed by atoms with Crippen molar-refractivity contribution >= 4 is 40.1 Å². The van der Waals surface area contributed by atoms with Crippen LogP contribution in [0.5, 0.6) is 17.2 Å². The molecule has 0 fully saturated rings. The van der Waals surface area contributed by atoms with Crippen LogP contribution in [0.15, 0.2) is 54.6 Å². The number of ether oxygens (including phenoxy) is 3. The number of nitrogens with zero attached hydrogens (tertiary/aromatic N) is 3. The maximum absolute atomic E-state index is 12.5. The van der Waals surface area contributed by atoms with Gasteiger partial charge in [0.15, 0.2) is 11.5 Å². The smallest absolute Gasteiger partial charge is 0.268 e. The number of methoxy groups -OCH3 is 1. The SMILES string of the molecule is C=CCc1ccccc1OCCOc1c(Cl)cc(/C=C(/C#N)C(=O)Nc2nnc(CC)s2)cc1OC. The highest BCUT2D eigenvalue weighted by Gasteiger charge is 2.16. The van der Waals surface area contributed by atoms with Crippen LogP contribution in [-0.4, -0.2) is 36.4 Å². The molecule has 10 heteroatoms. The van der Waals surface area contributed by atoms with Crippen LogP contribution in [0.1, 0.15) is 23.1 Å². The molecule has 0 spiro atoms. The van der Waals surface area contributed by atoms with E-state index < -0.39 is 5.91 Å². The van der Waals surface area contributed by atoms with Crippen LogP contribution in [-0.2, 0) is 17.6 Å². The van der Waals surface area contributed by atoms with E-state index in [4.69, 9.17) is 25.8 Å². The van der Waals surface area contributed by atoms with E-state index >= 15 is 0 Å². The summed E-state index contributed by atoms with van der Waals surface area (Å²) in [6, 6.07) is 12.8. The Balaban J connectivity index is 1.68. The molecule has 36 heavy (non-hydrogen) atoms. The summed E-state index contributed by atoms with van der Waals surface area (Å²) in [5.41, 5.74) is 1.41. The molecule has 0 atom stereocenters. The molecule has 1 N–H and O–H groups in total. The van der Waals surface area contributed by atoms with E-state index in [2.05, 4.69) is 22.1 Å². The Labute approximate surface area is 218 Å². The number of hydrogen-bond donors (Lipinski definition) is 1. The largest absolute Gasteiger partial charge is 0.493 e. The molecule has 0 aliphatic rings. The molecule has 0 saturated heterocycles. The molecule has 1 aromatic heterocycles. The molecule has 1 amide bonds. The molecule has 3 rings (SSSR count). The highest BCUT2D eigenvalue weighted by molar-refractivity contribution is 7.15. The minimum atomic E-state index is -0.597. The number of rotatable bonds is 12. The Kier molecular flexibility index (Phi) is 9.86. The first-order valence-corrected chi connectivity index (χ1v) is 12.3. The maximum Gasteiger partial charge on any atom is 0.268 e. The number of anilines is 1. The molecule has 3 aromatic rings. The fraction of sp³-hybridized carbons (Fsp3) is 0.231. The lowest BCUT2D eigenvalue weighted by Gasteiger charge is -2.15. The third-order valence-corrected chi connectivity index (χ3v) is 6.11. The topological polar surface area (TPSA) is 106 Å². The van der Waals surface area contributed by atoms with Gasteiger partial charge in [0.25, 0.3) is 5.91 Å². The summed E-state index contributed by atoms with van der Waals surface area (Å²) in [5, 5.41) is 21.3. The number of benzene rings is 2. The van der Waals surface area contributed by atoms with Gasteiger partial charge in [-0.1, -0.05) is 54.1 Å². The number of amides is 1. The Hall–Kier alpha value is -3.87. The Bertz CT molecular complexity index is 1300. The minimum absolute atomic E-state index is 0.123. The van der Waals surface area contributed by atoms with Crippen molar-refractivity contribution in [2.75, 3.05) is 25.6 Å². The van der Waals surface area contributed by atoms with Gasteiger partial charge >= 0.3 is 0 Å². The van der Waals surface area contributed by atoms with Gasteiger partial charge < -0.3 is 14.2 Å². The Morgan fingerprint density at radius 2 is 2.00 bits per heavy atom. The van der Waals surface area contributed by atoms with Gasteiger partial charge in [-0.3, -0.25) is 10.1 Å². The number of carbonyl (C=O) groups is 1. The summed E-state index contributed by atoms with van der Waals surface area (Å²) in [6.45, 7) is 6.22. The predicted octanol–water partition coefficient (Wildman–Crippen LogP) is 5.49. The van der Waals surface area contributed by atoms with Crippen molar-refractivity contribution in [1.29, 1.82) is 5.26 Å². The molecule has 8 nitrogen and oxygen atoms in total. The van der Waals surface area contributed by atoms with Gasteiger partial charge in [-0.05, 0) is 48.2 Å². The molecule has 0 radical (unpaired) electrons. The second-order valence-electron chi connectivity index (χ2n) is 7.31. The number of para-hydroxylation sites is 1. The van der Waals surface area contributed by atoms with Crippen LogP contribution in [0, 0.1) is 11.3 Å². The van der Waals surface area contributed by atoms with Crippen LogP contribution >= 0.6 is 22.9 Å². The van der Waals surface area contributed by atoms with Crippen LogP contribution in [0.4, 0.5) is 5.13 Å². The van der Waals surface area contributed by atoms with Gasteiger partial charge in [0.1, 0.15) is 35.6 Å². The molecule has 186 valence electrons. The fourth-order valence-electron chi connectivity index (χ4n) is 3.15. The van der Waals surface area contributed by atoms with E-state index in [0.717, 1.165) is 16.3 Å². The van der Waals surface area contributed by atoms with E-state index in [1.807, 2.05) is 43.3 Å². The molecule has 1 heterocycles. The normalized spacial score (nSPS) is 10.9. The van der Waals surface area contributed by atoms with E-state index in [1.165, 1.54) is 24.5 Å². The van der Waals surface area contributed by atoms with Gasteiger partial charge in [-0.2, -0.15) is 5.26 Å². The van der Waals surface area contributed by atoms with Crippen LogP contribution in [0.2, 0.25) is 5.02 Å². The number of nitriles is 1. The third kappa shape index (κ3) is 7.07. The van der Waals surface area contributed by atoms with Crippen LogP contribution in [0.25, 0.3) is 6.08 Å². The first-order chi connectivity index (χ1) is 17.5. The summed E-state index contributed by atoms with van der Waals surface area (Å²) in [7, 11) is 1.48.